The lowest BCUT2D eigenvalue weighted by Gasteiger charge is -2.06. The molecule has 0 aliphatic rings. The van der Waals surface area contributed by atoms with E-state index in [1.165, 1.54) is 0 Å². The van der Waals surface area contributed by atoms with E-state index in [0.29, 0.717) is 10.8 Å². The molecule has 0 fully saturated rings. The van der Waals surface area contributed by atoms with Crippen LogP contribution in [0.5, 0.6) is 0 Å². The van der Waals surface area contributed by atoms with Gasteiger partial charge in [-0.15, -0.1) is 0 Å². The van der Waals surface area contributed by atoms with Crippen molar-refractivity contribution in [3.63, 3.8) is 0 Å². The fourth-order valence-electron chi connectivity index (χ4n) is 1.95. The monoisotopic (exact) mass is 228 g/mol. The lowest BCUT2D eigenvalue weighted by Crippen LogP contribution is -1.93. The third-order valence-corrected chi connectivity index (χ3v) is 2.93. The van der Waals surface area contributed by atoms with Gasteiger partial charge in [-0.2, -0.15) is 0 Å². The second-order valence-electron chi connectivity index (χ2n) is 3.70. The van der Waals surface area contributed by atoms with Crippen molar-refractivity contribution in [2.24, 2.45) is 0 Å². The molecule has 0 spiro atoms. The largest absolute Gasteiger partial charge is 0.383 e. The summed E-state index contributed by atoms with van der Waals surface area (Å²) < 4.78 is 0. The van der Waals surface area contributed by atoms with Crippen LogP contribution in [0.4, 0.5) is 5.82 Å². The molecular formula is C13H9ClN2. The number of aromatic nitrogens is 1. The molecule has 0 saturated carbocycles. The summed E-state index contributed by atoms with van der Waals surface area (Å²) >= 11 is 5.96. The van der Waals surface area contributed by atoms with E-state index in [9.17, 15) is 0 Å². The predicted octanol–water partition coefficient (Wildman–Crippen LogP) is 3.62. The highest BCUT2D eigenvalue weighted by Gasteiger charge is 2.05. The molecule has 3 rings (SSSR count). The van der Waals surface area contributed by atoms with Crippen LogP contribution in [0, 0.1) is 0 Å². The number of nitrogens with zero attached hydrogens (tertiary/aromatic N) is 1. The van der Waals surface area contributed by atoms with Crippen molar-refractivity contribution >= 4 is 39.1 Å². The van der Waals surface area contributed by atoms with Crippen LogP contribution in [0.15, 0.2) is 42.5 Å². The minimum Gasteiger partial charge on any atom is -0.383 e. The number of para-hydroxylation sites is 1. The highest BCUT2D eigenvalue weighted by atomic mass is 35.5. The van der Waals surface area contributed by atoms with E-state index in [-0.39, 0.29) is 0 Å². The minimum atomic E-state index is 0.524. The molecule has 0 unspecified atom stereocenters. The normalized spacial score (nSPS) is 11.1. The molecule has 2 N–H and O–H groups in total. The SMILES string of the molecule is Nc1nc2ccccc2c2ccc(Cl)cc12. The fraction of sp³-hybridized carbons (Fsp3) is 0. The number of pyridine rings is 1. The summed E-state index contributed by atoms with van der Waals surface area (Å²) in [6.45, 7) is 0. The van der Waals surface area contributed by atoms with Gasteiger partial charge in [0, 0.05) is 15.8 Å². The van der Waals surface area contributed by atoms with Crippen LogP contribution in [0.2, 0.25) is 5.02 Å². The van der Waals surface area contributed by atoms with Crippen molar-refractivity contribution in [2.75, 3.05) is 5.73 Å². The van der Waals surface area contributed by atoms with E-state index >= 15 is 0 Å². The molecule has 0 saturated heterocycles. The first kappa shape index (κ1) is 9.43. The third kappa shape index (κ3) is 1.31. The lowest BCUT2D eigenvalue weighted by atomic mass is 10.1. The Bertz CT molecular complexity index is 692. The van der Waals surface area contributed by atoms with Crippen molar-refractivity contribution in [3.05, 3.63) is 47.5 Å². The molecule has 0 bridgehead atoms. The Balaban J connectivity index is 2.59. The van der Waals surface area contributed by atoms with Gasteiger partial charge < -0.3 is 5.73 Å². The van der Waals surface area contributed by atoms with Gasteiger partial charge in [0.1, 0.15) is 5.82 Å². The summed E-state index contributed by atoms with van der Waals surface area (Å²) in [5.41, 5.74) is 6.83. The fourth-order valence-corrected chi connectivity index (χ4v) is 2.12. The number of fused-ring (bicyclic) bond motifs is 3. The number of rotatable bonds is 0. The Morgan fingerprint density at radius 1 is 0.938 bits per heavy atom. The molecule has 2 aromatic carbocycles. The van der Waals surface area contributed by atoms with Gasteiger partial charge in [-0.05, 0) is 23.6 Å². The Morgan fingerprint density at radius 2 is 1.75 bits per heavy atom. The maximum atomic E-state index is 5.96. The van der Waals surface area contributed by atoms with Crippen molar-refractivity contribution in [1.29, 1.82) is 0 Å². The Labute approximate surface area is 97.7 Å². The Kier molecular flexibility index (Phi) is 1.98. The van der Waals surface area contributed by atoms with Gasteiger partial charge in [-0.1, -0.05) is 35.9 Å². The number of halogens is 1. The van der Waals surface area contributed by atoms with E-state index in [1.54, 1.807) is 0 Å². The maximum Gasteiger partial charge on any atom is 0.132 e. The summed E-state index contributed by atoms with van der Waals surface area (Å²) in [6, 6.07) is 13.7. The zero-order valence-corrected chi connectivity index (χ0v) is 9.20. The van der Waals surface area contributed by atoms with Gasteiger partial charge in [-0.3, -0.25) is 0 Å². The molecule has 0 aliphatic heterocycles. The molecule has 0 atom stereocenters. The summed E-state index contributed by atoms with van der Waals surface area (Å²) in [5.74, 6) is 0.524. The topological polar surface area (TPSA) is 38.9 Å². The van der Waals surface area contributed by atoms with E-state index in [2.05, 4.69) is 4.98 Å². The van der Waals surface area contributed by atoms with Gasteiger partial charge >= 0.3 is 0 Å². The molecule has 2 nitrogen and oxygen atoms in total. The van der Waals surface area contributed by atoms with Gasteiger partial charge in [0.05, 0.1) is 5.52 Å². The number of nitrogens with two attached hydrogens (primary N) is 1. The van der Waals surface area contributed by atoms with Gasteiger partial charge in [0.25, 0.3) is 0 Å². The molecule has 16 heavy (non-hydrogen) atoms. The summed E-state index contributed by atoms with van der Waals surface area (Å²) in [7, 11) is 0. The minimum absolute atomic E-state index is 0.524. The zero-order valence-electron chi connectivity index (χ0n) is 8.44. The second kappa shape index (κ2) is 3.35. The number of nitrogen functional groups attached to an aromatic ring is 1. The number of anilines is 1. The van der Waals surface area contributed by atoms with E-state index in [0.717, 1.165) is 21.7 Å². The van der Waals surface area contributed by atoms with Crippen molar-refractivity contribution in [2.45, 2.75) is 0 Å². The van der Waals surface area contributed by atoms with Crippen molar-refractivity contribution in [3.8, 4) is 0 Å². The van der Waals surface area contributed by atoms with Gasteiger partial charge in [0.15, 0.2) is 0 Å². The molecule has 1 aromatic heterocycles. The van der Waals surface area contributed by atoms with Crippen molar-refractivity contribution < 1.29 is 0 Å². The van der Waals surface area contributed by atoms with E-state index in [4.69, 9.17) is 17.3 Å². The van der Waals surface area contributed by atoms with Crippen LogP contribution >= 0.6 is 11.6 Å². The Morgan fingerprint density at radius 3 is 2.62 bits per heavy atom. The van der Waals surface area contributed by atoms with Gasteiger partial charge in [-0.25, -0.2) is 4.98 Å². The molecule has 0 aliphatic carbocycles. The first-order chi connectivity index (χ1) is 7.75. The molecule has 1 heterocycles. The van der Waals surface area contributed by atoms with Crippen LogP contribution in [-0.4, -0.2) is 4.98 Å². The molecule has 3 heteroatoms. The summed E-state index contributed by atoms with van der Waals surface area (Å²) in [6.07, 6.45) is 0. The number of hydrogen-bond acceptors (Lipinski definition) is 2. The number of benzene rings is 2. The molecule has 0 radical (unpaired) electrons. The standard InChI is InChI=1S/C13H9ClN2/c14-8-5-6-9-10-3-1-2-4-12(10)16-13(15)11(9)7-8/h1-7H,(H2,15,16). The molecule has 78 valence electrons. The number of hydrogen-bond donors (Lipinski definition) is 1. The quantitative estimate of drug-likeness (QED) is 0.597. The lowest BCUT2D eigenvalue weighted by molar-refractivity contribution is 1.44. The highest BCUT2D eigenvalue weighted by molar-refractivity contribution is 6.31. The second-order valence-corrected chi connectivity index (χ2v) is 4.14. The predicted molar refractivity (Wildman–Crippen MR) is 68.7 cm³/mol. The molecular weight excluding hydrogens is 220 g/mol. The zero-order chi connectivity index (χ0) is 11.1. The summed E-state index contributed by atoms with van der Waals surface area (Å²) in [5, 5.41) is 3.78. The summed E-state index contributed by atoms with van der Waals surface area (Å²) in [4.78, 5) is 4.36. The van der Waals surface area contributed by atoms with E-state index in [1.807, 2.05) is 42.5 Å². The van der Waals surface area contributed by atoms with Crippen molar-refractivity contribution in [1.82, 2.24) is 4.98 Å². The van der Waals surface area contributed by atoms with Crippen LogP contribution in [0.3, 0.4) is 0 Å². The van der Waals surface area contributed by atoms with Crippen LogP contribution in [0.25, 0.3) is 21.7 Å². The highest BCUT2D eigenvalue weighted by Crippen LogP contribution is 2.29. The third-order valence-electron chi connectivity index (χ3n) is 2.69. The van der Waals surface area contributed by atoms with Crippen LogP contribution < -0.4 is 5.73 Å². The average molecular weight is 229 g/mol. The van der Waals surface area contributed by atoms with E-state index < -0.39 is 0 Å². The molecule has 0 amide bonds. The first-order valence-corrected chi connectivity index (χ1v) is 5.37. The van der Waals surface area contributed by atoms with Crippen LogP contribution in [0.1, 0.15) is 0 Å². The Hall–Kier alpha value is -1.80. The smallest absolute Gasteiger partial charge is 0.132 e. The molecule has 3 aromatic rings. The van der Waals surface area contributed by atoms with Gasteiger partial charge in [0.2, 0.25) is 0 Å². The van der Waals surface area contributed by atoms with Crippen LogP contribution in [-0.2, 0) is 0 Å². The first-order valence-electron chi connectivity index (χ1n) is 4.99. The average Bonchev–Trinajstić information content (AvgIpc) is 2.29. The maximum absolute atomic E-state index is 5.96.